The maximum Gasteiger partial charge on any atom is 0.373 e. The molecule has 0 aliphatic rings. The molecule has 0 aliphatic heterocycles. The minimum absolute atomic E-state index is 0.117. The zero-order chi connectivity index (χ0) is 9.68. The van der Waals surface area contributed by atoms with E-state index in [4.69, 9.17) is 5.11 Å². The van der Waals surface area contributed by atoms with E-state index in [0.717, 1.165) is 25.0 Å². The van der Waals surface area contributed by atoms with Gasteiger partial charge in [0, 0.05) is 11.9 Å². The van der Waals surface area contributed by atoms with Crippen molar-refractivity contribution in [2.24, 2.45) is 0 Å². The van der Waals surface area contributed by atoms with Crippen LogP contribution in [-0.2, 0) is 6.42 Å². The zero-order valence-electron chi connectivity index (χ0n) is 7.53. The summed E-state index contributed by atoms with van der Waals surface area (Å²) in [6.45, 7) is 2.08. The number of rotatable bonds is 4. The van der Waals surface area contributed by atoms with E-state index < -0.39 is 5.97 Å². The molecule has 0 spiro atoms. The molecule has 0 saturated carbocycles. The molecule has 1 heterocycles. The molecule has 1 N–H and O–H groups in total. The van der Waals surface area contributed by atoms with Gasteiger partial charge in [-0.3, -0.25) is 0 Å². The summed E-state index contributed by atoms with van der Waals surface area (Å²) in [7, 11) is 0. The molecule has 13 heavy (non-hydrogen) atoms. The molecule has 1 aromatic rings. The first-order valence-electron chi connectivity index (χ1n) is 4.29. The van der Waals surface area contributed by atoms with Gasteiger partial charge in [0.2, 0.25) is 5.82 Å². The summed E-state index contributed by atoms with van der Waals surface area (Å²) < 4.78 is 0. The Morgan fingerprint density at radius 3 is 3.00 bits per heavy atom. The lowest BCUT2D eigenvalue weighted by molar-refractivity contribution is 0.0683. The molecule has 0 fully saturated rings. The first-order valence-corrected chi connectivity index (χ1v) is 4.29. The summed E-state index contributed by atoms with van der Waals surface area (Å²) in [5.74, 6) is -1.19. The molecule has 70 valence electrons. The molecule has 0 radical (unpaired) electrons. The van der Waals surface area contributed by atoms with Gasteiger partial charge in [-0.25, -0.2) is 14.8 Å². The molecule has 0 amide bonds. The predicted octanol–water partition coefficient (Wildman–Crippen LogP) is 1.52. The summed E-state index contributed by atoms with van der Waals surface area (Å²) in [6, 6.07) is 1.75. The van der Waals surface area contributed by atoms with Crippen LogP contribution in [0.4, 0.5) is 0 Å². The molecule has 4 heteroatoms. The van der Waals surface area contributed by atoms with E-state index in [-0.39, 0.29) is 5.82 Å². The van der Waals surface area contributed by atoms with Gasteiger partial charge in [-0.05, 0) is 18.9 Å². The topological polar surface area (TPSA) is 63.1 Å². The van der Waals surface area contributed by atoms with Gasteiger partial charge in [0.15, 0.2) is 0 Å². The second-order valence-corrected chi connectivity index (χ2v) is 2.78. The smallest absolute Gasteiger partial charge is 0.373 e. The zero-order valence-corrected chi connectivity index (χ0v) is 7.53. The Labute approximate surface area is 76.7 Å². The Morgan fingerprint density at radius 1 is 1.62 bits per heavy atom. The molecule has 0 aromatic carbocycles. The molecule has 0 unspecified atom stereocenters. The van der Waals surface area contributed by atoms with Gasteiger partial charge in [-0.2, -0.15) is 0 Å². The van der Waals surface area contributed by atoms with Gasteiger partial charge in [-0.1, -0.05) is 13.3 Å². The Bertz CT molecular complexity index is 299. The van der Waals surface area contributed by atoms with Crippen LogP contribution in [0.2, 0.25) is 0 Å². The summed E-state index contributed by atoms with van der Waals surface area (Å²) in [4.78, 5) is 18.0. The molecule has 0 saturated heterocycles. The van der Waals surface area contributed by atoms with Crippen LogP contribution in [-0.4, -0.2) is 21.0 Å². The molecule has 0 bridgehead atoms. The number of unbranched alkanes of at least 4 members (excludes halogenated alkanes) is 1. The van der Waals surface area contributed by atoms with Crippen LogP contribution in [0.5, 0.6) is 0 Å². The van der Waals surface area contributed by atoms with Crippen molar-refractivity contribution in [2.45, 2.75) is 26.2 Å². The first-order chi connectivity index (χ1) is 6.24. The summed E-state index contributed by atoms with van der Waals surface area (Å²) in [5.41, 5.74) is 0.800. The Kier molecular flexibility index (Phi) is 3.37. The third-order valence-electron chi connectivity index (χ3n) is 1.69. The maximum absolute atomic E-state index is 10.5. The minimum Gasteiger partial charge on any atom is -0.475 e. The molecule has 1 aromatic heterocycles. The third-order valence-corrected chi connectivity index (χ3v) is 1.69. The van der Waals surface area contributed by atoms with Gasteiger partial charge < -0.3 is 5.11 Å². The summed E-state index contributed by atoms with van der Waals surface area (Å²) >= 11 is 0. The van der Waals surface area contributed by atoms with Gasteiger partial charge in [0.05, 0.1) is 0 Å². The van der Waals surface area contributed by atoms with Crippen molar-refractivity contribution in [3.05, 3.63) is 23.8 Å². The Balaban J connectivity index is 2.73. The Morgan fingerprint density at radius 2 is 2.38 bits per heavy atom. The predicted molar refractivity (Wildman–Crippen MR) is 47.6 cm³/mol. The molecule has 0 aliphatic carbocycles. The summed E-state index contributed by atoms with van der Waals surface area (Å²) in [6.07, 6.45) is 4.41. The number of hydrogen-bond acceptors (Lipinski definition) is 3. The number of aryl methyl sites for hydroxylation is 1. The van der Waals surface area contributed by atoms with E-state index in [0.29, 0.717) is 0 Å². The van der Waals surface area contributed by atoms with E-state index in [9.17, 15) is 4.79 Å². The number of carboxylic acids is 1. The SMILES string of the molecule is CCCCc1ccnc(C(=O)O)n1. The van der Waals surface area contributed by atoms with Crippen LogP contribution in [0.3, 0.4) is 0 Å². The van der Waals surface area contributed by atoms with Crippen molar-refractivity contribution < 1.29 is 9.90 Å². The molecule has 4 nitrogen and oxygen atoms in total. The molecule has 0 atom stereocenters. The molecular formula is C9H12N2O2. The van der Waals surface area contributed by atoms with Gasteiger partial charge in [-0.15, -0.1) is 0 Å². The normalized spacial score (nSPS) is 9.92. The number of nitrogens with zero attached hydrogens (tertiary/aromatic N) is 2. The van der Waals surface area contributed by atoms with Gasteiger partial charge >= 0.3 is 5.97 Å². The number of aromatic nitrogens is 2. The van der Waals surface area contributed by atoms with Crippen LogP contribution < -0.4 is 0 Å². The number of hydrogen-bond donors (Lipinski definition) is 1. The second kappa shape index (κ2) is 4.54. The highest BCUT2D eigenvalue weighted by molar-refractivity contribution is 5.82. The lowest BCUT2D eigenvalue weighted by Crippen LogP contribution is -2.05. The fourth-order valence-electron chi connectivity index (χ4n) is 0.996. The molecular weight excluding hydrogens is 168 g/mol. The van der Waals surface area contributed by atoms with Crippen molar-refractivity contribution >= 4 is 5.97 Å². The fraction of sp³-hybridized carbons (Fsp3) is 0.444. The molecule has 1 rings (SSSR count). The maximum atomic E-state index is 10.5. The van der Waals surface area contributed by atoms with Crippen LogP contribution in [0.1, 0.15) is 36.1 Å². The van der Waals surface area contributed by atoms with Crippen molar-refractivity contribution in [1.29, 1.82) is 0 Å². The van der Waals surface area contributed by atoms with Crippen molar-refractivity contribution in [2.75, 3.05) is 0 Å². The van der Waals surface area contributed by atoms with Crippen LogP contribution in [0.15, 0.2) is 12.3 Å². The van der Waals surface area contributed by atoms with E-state index in [1.165, 1.54) is 6.20 Å². The third kappa shape index (κ3) is 2.82. The largest absolute Gasteiger partial charge is 0.475 e. The van der Waals surface area contributed by atoms with Crippen LogP contribution >= 0.6 is 0 Å². The van der Waals surface area contributed by atoms with Gasteiger partial charge in [0.1, 0.15) is 0 Å². The average molecular weight is 180 g/mol. The first kappa shape index (κ1) is 9.64. The van der Waals surface area contributed by atoms with Gasteiger partial charge in [0.25, 0.3) is 0 Å². The number of carboxylic acid groups (broad SMARTS) is 1. The van der Waals surface area contributed by atoms with Crippen LogP contribution in [0.25, 0.3) is 0 Å². The average Bonchev–Trinajstić information content (AvgIpc) is 2.15. The minimum atomic E-state index is -1.07. The monoisotopic (exact) mass is 180 g/mol. The van der Waals surface area contributed by atoms with E-state index in [1.54, 1.807) is 6.07 Å². The Hall–Kier alpha value is -1.45. The van der Waals surface area contributed by atoms with E-state index >= 15 is 0 Å². The highest BCUT2D eigenvalue weighted by Gasteiger charge is 2.05. The lowest BCUT2D eigenvalue weighted by Gasteiger charge is -1.98. The fourth-order valence-corrected chi connectivity index (χ4v) is 0.996. The number of carbonyl (C=O) groups is 1. The van der Waals surface area contributed by atoms with Crippen molar-refractivity contribution in [1.82, 2.24) is 9.97 Å². The number of aromatic carboxylic acids is 1. The summed E-state index contributed by atoms with van der Waals surface area (Å²) in [5, 5.41) is 8.61. The second-order valence-electron chi connectivity index (χ2n) is 2.78. The lowest BCUT2D eigenvalue weighted by atomic mass is 10.2. The quantitative estimate of drug-likeness (QED) is 0.763. The highest BCUT2D eigenvalue weighted by Crippen LogP contribution is 2.01. The van der Waals surface area contributed by atoms with Crippen LogP contribution in [0, 0.1) is 0 Å². The highest BCUT2D eigenvalue weighted by atomic mass is 16.4. The van der Waals surface area contributed by atoms with Crippen molar-refractivity contribution in [3.63, 3.8) is 0 Å². The standard InChI is InChI=1S/C9H12N2O2/c1-2-3-4-7-5-6-10-8(11-7)9(12)13/h5-6H,2-4H2,1H3,(H,12,13). The van der Waals surface area contributed by atoms with Crippen molar-refractivity contribution in [3.8, 4) is 0 Å². The van der Waals surface area contributed by atoms with E-state index in [1.807, 2.05) is 0 Å². The van der Waals surface area contributed by atoms with E-state index in [2.05, 4.69) is 16.9 Å².